The number of rotatable bonds is 6. The van der Waals surface area contributed by atoms with E-state index in [2.05, 4.69) is 17.4 Å². The van der Waals surface area contributed by atoms with Crippen molar-refractivity contribution in [1.82, 2.24) is 14.3 Å². The predicted molar refractivity (Wildman–Crippen MR) is 142 cm³/mol. The number of nitrogens with one attached hydrogen (secondary N) is 1. The summed E-state index contributed by atoms with van der Waals surface area (Å²) in [5, 5.41) is 3.33. The molecule has 0 atom stereocenters. The van der Waals surface area contributed by atoms with Crippen LogP contribution in [0.25, 0.3) is 11.7 Å². The van der Waals surface area contributed by atoms with Gasteiger partial charge in [-0.2, -0.15) is 0 Å². The highest BCUT2D eigenvalue weighted by Crippen LogP contribution is 2.37. The molecule has 2 fully saturated rings. The Bertz CT molecular complexity index is 1310. The molecule has 34 heavy (non-hydrogen) atoms. The lowest BCUT2D eigenvalue weighted by molar-refractivity contribution is -0.124. The van der Waals surface area contributed by atoms with Crippen LogP contribution in [0.2, 0.25) is 0 Å². The van der Waals surface area contributed by atoms with Crippen LogP contribution in [0.3, 0.4) is 0 Å². The maximum absolute atomic E-state index is 13.4. The second-order valence-corrected chi connectivity index (χ2v) is 10.3. The Labute approximate surface area is 208 Å². The van der Waals surface area contributed by atoms with Crippen molar-refractivity contribution in [3.8, 4) is 0 Å². The molecular formula is C26H26N4O2S2. The fraction of sp³-hybridized carbons (Fsp3) is 0.308. The van der Waals surface area contributed by atoms with Gasteiger partial charge in [0.1, 0.15) is 15.8 Å². The van der Waals surface area contributed by atoms with Gasteiger partial charge in [0.2, 0.25) is 0 Å². The Morgan fingerprint density at radius 1 is 1.06 bits per heavy atom. The fourth-order valence-electron chi connectivity index (χ4n) is 4.60. The zero-order chi connectivity index (χ0) is 23.5. The summed E-state index contributed by atoms with van der Waals surface area (Å²) in [7, 11) is 0. The van der Waals surface area contributed by atoms with Crippen LogP contribution in [0, 0.1) is 0 Å². The van der Waals surface area contributed by atoms with Crippen molar-refractivity contribution in [2.24, 2.45) is 0 Å². The highest BCUT2D eigenvalue weighted by atomic mass is 32.2. The van der Waals surface area contributed by atoms with Crippen molar-refractivity contribution in [2.75, 3.05) is 11.9 Å². The Kier molecular flexibility index (Phi) is 6.78. The molecule has 1 N–H and O–H groups in total. The minimum Gasteiger partial charge on any atom is -0.369 e. The van der Waals surface area contributed by atoms with Crippen molar-refractivity contribution >= 4 is 51.7 Å². The summed E-state index contributed by atoms with van der Waals surface area (Å²) in [5.41, 5.74) is 1.92. The first-order chi connectivity index (χ1) is 16.6. The van der Waals surface area contributed by atoms with Crippen molar-refractivity contribution < 1.29 is 4.79 Å². The Morgan fingerprint density at radius 3 is 2.62 bits per heavy atom. The molecule has 6 nitrogen and oxygen atoms in total. The number of anilines is 1. The zero-order valence-corrected chi connectivity index (χ0v) is 20.4. The molecule has 174 valence electrons. The Morgan fingerprint density at radius 2 is 1.82 bits per heavy atom. The first-order valence-electron chi connectivity index (χ1n) is 11.7. The van der Waals surface area contributed by atoms with Gasteiger partial charge in [0.05, 0.1) is 10.5 Å². The van der Waals surface area contributed by atoms with Crippen LogP contribution in [0.4, 0.5) is 5.82 Å². The van der Waals surface area contributed by atoms with Crippen molar-refractivity contribution in [3.05, 3.63) is 81.1 Å². The van der Waals surface area contributed by atoms with Crippen LogP contribution in [-0.4, -0.2) is 37.1 Å². The summed E-state index contributed by atoms with van der Waals surface area (Å²) < 4.78 is 2.09. The van der Waals surface area contributed by atoms with Gasteiger partial charge in [0.25, 0.3) is 11.5 Å². The third kappa shape index (κ3) is 4.65. The van der Waals surface area contributed by atoms with E-state index in [9.17, 15) is 9.59 Å². The number of aromatic nitrogens is 2. The van der Waals surface area contributed by atoms with Crippen LogP contribution < -0.4 is 10.9 Å². The number of carbonyl (C=O) groups excluding carboxylic acids is 1. The first-order valence-corrected chi connectivity index (χ1v) is 12.9. The van der Waals surface area contributed by atoms with Crippen LogP contribution in [-0.2, 0) is 11.2 Å². The smallest absolute Gasteiger partial charge is 0.267 e. The van der Waals surface area contributed by atoms with E-state index in [4.69, 9.17) is 17.2 Å². The molecule has 0 unspecified atom stereocenters. The molecule has 5 rings (SSSR count). The lowest BCUT2D eigenvalue weighted by Crippen LogP contribution is -2.39. The Hall–Kier alpha value is -2.97. The molecule has 1 saturated carbocycles. The Balaban J connectivity index is 1.47. The molecule has 0 bridgehead atoms. The largest absolute Gasteiger partial charge is 0.369 e. The van der Waals surface area contributed by atoms with Gasteiger partial charge in [-0.1, -0.05) is 79.6 Å². The van der Waals surface area contributed by atoms with E-state index in [0.29, 0.717) is 32.8 Å². The maximum Gasteiger partial charge on any atom is 0.267 e. The van der Waals surface area contributed by atoms with Gasteiger partial charge in [0.15, 0.2) is 0 Å². The first kappa shape index (κ1) is 22.8. The van der Waals surface area contributed by atoms with E-state index in [1.165, 1.54) is 28.1 Å². The van der Waals surface area contributed by atoms with E-state index < -0.39 is 0 Å². The normalized spacial score (nSPS) is 18.2. The van der Waals surface area contributed by atoms with Crippen molar-refractivity contribution in [2.45, 2.75) is 44.6 Å². The number of nitrogens with zero attached hydrogens (tertiary/aromatic N) is 3. The highest BCUT2D eigenvalue weighted by molar-refractivity contribution is 8.26. The van der Waals surface area contributed by atoms with Gasteiger partial charge in [-0.3, -0.25) is 18.9 Å². The summed E-state index contributed by atoms with van der Waals surface area (Å²) in [6, 6.07) is 15.8. The topological polar surface area (TPSA) is 66.7 Å². The highest BCUT2D eigenvalue weighted by Gasteiger charge is 2.37. The van der Waals surface area contributed by atoms with Gasteiger partial charge in [0, 0.05) is 18.8 Å². The summed E-state index contributed by atoms with van der Waals surface area (Å²) in [5.74, 6) is 0.379. The lowest BCUT2D eigenvalue weighted by Gasteiger charge is -2.29. The zero-order valence-electron chi connectivity index (χ0n) is 18.8. The van der Waals surface area contributed by atoms with Gasteiger partial charge in [-0.15, -0.1) is 0 Å². The number of thiocarbonyl (C=S) groups is 1. The van der Waals surface area contributed by atoms with Gasteiger partial charge in [-0.25, -0.2) is 4.98 Å². The average Bonchev–Trinajstić information content (AvgIpc) is 3.15. The maximum atomic E-state index is 13.4. The van der Waals surface area contributed by atoms with E-state index in [1.54, 1.807) is 29.3 Å². The molecule has 3 aromatic rings. The molecule has 1 amide bonds. The van der Waals surface area contributed by atoms with Crippen LogP contribution >= 0.6 is 24.0 Å². The summed E-state index contributed by atoms with van der Waals surface area (Å²) in [6.45, 7) is 0.614. The summed E-state index contributed by atoms with van der Waals surface area (Å²) in [4.78, 5) is 33.7. The number of hydrogen-bond donors (Lipinski definition) is 1. The summed E-state index contributed by atoms with van der Waals surface area (Å²) >= 11 is 6.85. The molecule has 8 heteroatoms. The number of fused-ring (bicyclic) bond motifs is 1. The standard InChI is InChI=1S/C26H26N4O2S2/c31-24-20(17-21-25(32)30(26(33)34-21)19-11-5-2-6-12-19)23(28-22-13-7-8-16-29(22)24)27-15-14-18-9-3-1-4-10-18/h1,3-4,7-10,13,16-17,19,27H,2,5-6,11-12,14-15H2. The molecule has 2 aromatic heterocycles. The van der Waals surface area contributed by atoms with Crippen molar-refractivity contribution in [1.29, 1.82) is 0 Å². The van der Waals surface area contributed by atoms with Gasteiger partial charge < -0.3 is 5.32 Å². The predicted octanol–water partition coefficient (Wildman–Crippen LogP) is 4.88. The van der Waals surface area contributed by atoms with Crippen molar-refractivity contribution in [3.63, 3.8) is 0 Å². The lowest BCUT2D eigenvalue weighted by atomic mass is 9.94. The average molecular weight is 491 g/mol. The summed E-state index contributed by atoms with van der Waals surface area (Å²) in [6.07, 6.45) is 9.56. The SMILES string of the molecule is O=C1C(=Cc2c(NCCc3ccccc3)nc3ccccn3c2=O)SC(=S)N1C1CCCCC1. The molecule has 1 aliphatic heterocycles. The number of thioether (sulfide) groups is 1. The second-order valence-electron chi connectivity index (χ2n) is 8.61. The molecule has 1 saturated heterocycles. The van der Waals surface area contributed by atoms with E-state index in [0.717, 1.165) is 32.1 Å². The molecule has 1 aliphatic carbocycles. The van der Waals surface area contributed by atoms with E-state index >= 15 is 0 Å². The van der Waals surface area contributed by atoms with Gasteiger partial charge in [-0.05, 0) is 43.0 Å². The third-order valence-electron chi connectivity index (χ3n) is 6.36. The molecule has 1 aromatic carbocycles. The molecule has 0 spiro atoms. The monoisotopic (exact) mass is 490 g/mol. The number of pyridine rings is 1. The molecule has 2 aliphatic rings. The molecular weight excluding hydrogens is 464 g/mol. The number of amides is 1. The minimum absolute atomic E-state index is 0.102. The minimum atomic E-state index is -0.212. The third-order valence-corrected chi connectivity index (χ3v) is 7.69. The molecule has 0 radical (unpaired) electrons. The molecule has 3 heterocycles. The number of carbonyl (C=O) groups is 1. The fourth-order valence-corrected chi connectivity index (χ4v) is 5.98. The number of benzene rings is 1. The van der Waals surface area contributed by atoms with Crippen LogP contribution in [0.1, 0.15) is 43.2 Å². The van der Waals surface area contributed by atoms with Crippen LogP contribution in [0.5, 0.6) is 0 Å². The number of hydrogen-bond acceptors (Lipinski definition) is 6. The van der Waals surface area contributed by atoms with Gasteiger partial charge >= 0.3 is 0 Å². The van der Waals surface area contributed by atoms with E-state index in [-0.39, 0.29) is 17.5 Å². The van der Waals surface area contributed by atoms with E-state index in [1.807, 2.05) is 24.3 Å². The second kappa shape index (κ2) is 10.1. The quantitative estimate of drug-likeness (QED) is 0.392. The van der Waals surface area contributed by atoms with Crippen LogP contribution in [0.15, 0.2) is 64.4 Å².